The Morgan fingerprint density at radius 2 is 2.09 bits per heavy atom. The number of aryl methyl sites for hydroxylation is 1. The number of nitro benzene ring substituents is 1. The molecule has 3 heterocycles. The van der Waals surface area contributed by atoms with E-state index in [0.29, 0.717) is 11.5 Å². The van der Waals surface area contributed by atoms with Crippen molar-refractivity contribution in [3.05, 3.63) is 49.8 Å². The van der Waals surface area contributed by atoms with Crippen molar-refractivity contribution < 1.29 is 14.5 Å². The molecule has 4 rings (SSSR count). The number of piperidine rings is 1. The molecule has 0 spiro atoms. The minimum absolute atomic E-state index is 0.0775. The van der Waals surface area contributed by atoms with Gasteiger partial charge >= 0.3 is 0 Å². The van der Waals surface area contributed by atoms with E-state index in [9.17, 15) is 24.5 Å². The number of hydrogen-bond acceptors (Lipinski definition) is 7. The quantitative estimate of drug-likeness (QED) is 0.488. The number of nitrogens with zero attached hydrogens (tertiary/aromatic N) is 3. The average molecular weight is 440 g/mol. The van der Waals surface area contributed by atoms with Crippen molar-refractivity contribution in [2.24, 2.45) is 0 Å². The molecule has 2 atom stereocenters. The van der Waals surface area contributed by atoms with Crippen molar-refractivity contribution in [1.29, 1.82) is 0 Å². The van der Waals surface area contributed by atoms with E-state index in [-0.39, 0.29) is 35.2 Å². The molecule has 3 N–H and O–H groups in total. The highest BCUT2D eigenvalue weighted by molar-refractivity contribution is 6.04. The van der Waals surface area contributed by atoms with Crippen LogP contribution in [0.5, 0.6) is 0 Å². The van der Waals surface area contributed by atoms with Crippen molar-refractivity contribution in [3.63, 3.8) is 0 Å². The minimum atomic E-state index is -1.07. The smallest absolute Gasteiger partial charge is 0.271 e. The van der Waals surface area contributed by atoms with Crippen LogP contribution in [-0.2, 0) is 9.59 Å². The Hall–Kier alpha value is -3.76. The first-order chi connectivity index (χ1) is 15.2. The number of carbonyl (C=O) groups is 2. The fourth-order valence-corrected chi connectivity index (χ4v) is 4.21. The number of H-pyrrole nitrogens is 1. The molecule has 1 aromatic heterocycles. The van der Waals surface area contributed by atoms with Gasteiger partial charge in [-0.1, -0.05) is 6.07 Å². The maximum absolute atomic E-state index is 13.0. The summed E-state index contributed by atoms with van der Waals surface area (Å²) < 4.78 is 0. The number of fused-ring (bicyclic) bond motifs is 1. The molecule has 0 radical (unpaired) electrons. The lowest BCUT2D eigenvalue weighted by Gasteiger charge is -2.34. The molecule has 2 aromatic rings. The largest absolute Gasteiger partial charge is 0.340 e. The van der Waals surface area contributed by atoms with Crippen LogP contribution in [0.4, 0.5) is 23.1 Å². The van der Waals surface area contributed by atoms with Gasteiger partial charge in [-0.2, -0.15) is 4.98 Å². The molecule has 11 heteroatoms. The van der Waals surface area contributed by atoms with Crippen molar-refractivity contribution in [3.8, 4) is 0 Å². The van der Waals surface area contributed by atoms with Gasteiger partial charge in [0.1, 0.15) is 5.82 Å². The summed E-state index contributed by atoms with van der Waals surface area (Å²) in [6.45, 7) is 4.49. The maximum Gasteiger partial charge on any atom is 0.271 e. The summed E-state index contributed by atoms with van der Waals surface area (Å²) >= 11 is 0. The van der Waals surface area contributed by atoms with E-state index >= 15 is 0 Å². The van der Waals surface area contributed by atoms with E-state index in [1.807, 2.05) is 4.90 Å². The number of carbonyl (C=O) groups excluding carboxylic acids is 2. The highest BCUT2D eigenvalue weighted by Gasteiger charge is 2.36. The summed E-state index contributed by atoms with van der Waals surface area (Å²) in [5, 5.41) is 16.3. The summed E-state index contributed by atoms with van der Waals surface area (Å²) in [7, 11) is 0. The van der Waals surface area contributed by atoms with Crippen LogP contribution >= 0.6 is 0 Å². The summed E-state index contributed by atoms with van der Waals surface area (Å²) in [4.78, 5) is 58.1. The molecule has 1 saturated heterocycles. The number of rotatable bonds is 4. The molecule has 32 heavy (non-hydrogen) atoms. The molecule has 11 nitrogen and oxygen atoms in total. The lowest BCUT2D eigenvalue weighted by atomic mass is 9.92. The average Bonchev–Trinajstić information content (AvgIpc) is 2.74. The van der Waals surface area contributed by atoms with Gasteiger partial charge in [0, 0.05) is 31.1 Å². The molecule has 2 aliphatic heterocycles. The van der Waals surface area contributed by atoms with Gasteiger partial charge in [-0.05, 0) is 38.7 Å². The molecule has 2 unspecified atom stereocenters. The molecule has 2 amide bonds. The van der Waals surface area contributed by atoms with Gasteiger partial charge in [0.25, 0.3) is 11.2 Å². The summed E-state index contributed by atoms with van der Waals surface area (Å²) in [5.74, 6) is -1.65. The van der Waals surface area contributed by atoms with Crippen LogP contribution in [0.2, 0.25) is 0 Å². The predicted molar refractivity (Wildman–Crippen MR) is 118 cm³/mol. The number of amides is 2. The lowest BCUT2D eigenvalue weighted by molar-refractivity contribution is -0.384. The summed E-state index contributed by atoms with van der Waals surface area (Å²) in [6, 6.07) is 4.31. The zero-order valence-corrected chi connectivity index (χ0v) is 17.8. The third kappa shape index (κ3) is 4.05. The normalized spacial score (nSPS) is 20.3. The van der Waals surface area contributed by atoms with Gasteiger partial charge in [0.15, 0.2) is 0 Å². The number of benzene rings is 1. The molecule has 1 fully saturated rings. The number of anilines is 3. The predicted octanol–water partition coefficient (Wildman–Crippen LogP) is 2.43. The molecule has 0 aliphatic carbocycles. The Morgan fingerprint density at radius 1 is 1.31 bits per heavy atom. The topological polar surface area (TPSA) is 150 Å². The first-order valence-corrected chi connectivity index (χ1v) is 10.5. The van der Waals surface area contributed by atoms with Gasteiger partial charge in [-0.3, -0.25) is 29.5 Å². The van der Waals surface area contributed by atoms with E-state index in [4.69, 9.17) is 0 Å². The van der Waals surface area contributed by atoms with Crippen molar-refractivity contribution in [2.75, 3.05) is 22.1 Å². The van der Waals surface area contributed by atoms with Crippen LogP contribution in [0.15, 0.2) is 23.0 Å². The zero-order chi connectivity index (χ0) is 23.0. The van der Waals surface area contributed by atoms with E-state index in [1.54, 1.807) is 6.92 Å². The van der Waals surface area contributed by atoms with Crippen LogP contribution in [-0.4, -0.2) is 39.3 Å². The van der Waals surface area contributed by atoms with Crippen LogP contribution < -0.4 is 21.1 Å². The van der Waals surface area contributed by atoms with Crippen LogP contribution in [0.1, 0.15) is 49.7 Å². The van der Waals surface area contributed by atoms with Crippen LogP contribution in [0, 0.1) is 17.0 Å². The Morgan fingerprint density at radius 3 is 2.81 bits per heavy atom. The zero-order valence-electron chi connectivity index (χ0n) is 17.8. The van der Waals surface area contributed by atoms with E-state index in [2.05, 4.69) is 27.5 Å². The van der Waals surface area contributed by atoms with E-state index in [0.717, 1.165) is 25.8 Å². The highest BCUT2D eigenvalue weighted by Crippen LogP contribution is 2.32. The van der Waals surface area contributed by atoms with Crippen LogP contribution in [0.3, 0.4) is 0 Å². The third-order valence-corrected chi connectivity index (χ3v) is 6.02. The van der Waals surface area contributed by atoms with Gasteiger partial charge < -0.3 is 15.5 Å². The van der Waals surface area contributed by atoms with Gasteiger partial charge in [0.05, 0.1) is 22.1 Å². The standard InChI is InChI=1S/C21H24N6O5/c1-11-6-7-13(27(31)32)9-15(11)22-19(29)14-10-16(28)23-18-17(14)20(30)25-21(24-18)26-8-4-3-5-12(26)2/h6-7,9,12,14H,3-5,8,10H2,1-2H3,(H,22,29)(H2,23,24,25,28,30). The number of hydrogen-bond donors (Lipinski definition) is 3. The number of aromatic amines is 1. The lowest BCUT2D eigenvalue weighted by Crippen LogP contribution is -2.42. The number of non-ortho nitro benzene ring substituents is 1. The SMILES string of the molecule is Cc1ccc([N+](=O)[O-])cc1NC(=O)C1CC(=O)Nc2nc(N3CCCCC3C)[nH]c(=O)c21. The Kier molecular flexibility index (Phi) is 5.64. The van der Waals surface area contributed by atoms with Crippen molar-refractivity contribution >= 4 is 35.0 Å². The molecule has 168 valence electrons. The van der Waals surface area contributed by atoms with E-state index < -0.39 is 28.2 Å². The Balaban J connectivity index is 1.67. The van der Waals surface area contributed by atoms with Crippen molar-refractivity contribution in [1.82, 2.24) is 9.97 Å². The molecule has 1 aromatic carbocycles. The Labute approximate surface area is 183 Å². The molecular formula is C21H24N6O5. The molecule has 2 aliphatic rings. The summed E-state index contributed by atoms with van der Waals surface area (Å²) in [5.41, 5.74) is 0.288. The highest BCUT2D eigenvalue weighted by atomic mass is 16.6. The minimum Gasteiger partial charge on any atom is -0.340 e. The van der Waals surface area contributed by atoms with Crippen molar-refractivity contribution in [2.45, 2.75) is 51.5 Å². The number of aromatic nitrogens is 2. The first-order valence-electron chi connectivity index (χ1n) is 10.5. The monoisotopic (exact) mass is 440 g/mol. The van der Waals surface area contributed by atoms with Gasteiger partial charge in [-0.15, -0.1) is 0 Å². The van der Waals surface area contributed by atoms with Gasteiger partial charge in [-0.25, -0.2) is 0 Å². The second-order valence-electron chi connectivity index (χ2n) is 8.24. The molecular weight excluding hydrogens is 416 g/mol. The maximum atomic E-state index is 13.0. The third-order valence-electron chi connectivity index (χ3n) is 6.02. The van der Waals surface area contributed by atoms with Crippen LogP contribution in [0.25, 0.3) is 0 Å². The summed E-state index contributed by atoms with van der Waals surface area (Å²) in [6.07, 6.45) is 2.83. The van der Waals surface area contributed by atoms with Gasteiger partial charge in [0.2, 0.25) is 17.8 Å². The first kappa shape index (κ1) is 21.5. The molecule has 0 bridgehead atoms. The fraction of sp³-hybridized carbons (Fsp3) is 0.429. The Bertz CT molecular complexity index is 1160. The number of nitro groups is 1. The molecule has 0 saturated carbocycles. The van der Waals surface area contributed by atoms with E-state index in [1.165, 1.54) is 18.2 Å². The second-order valence-corrected chi connectivity index (χ2v) is 8.24. The number of nitrogens with one attached hydrogen (secondary N) is 3. The second kappa shape index (κ2) is 8.40. The fourth-order valence-electron chi connectivity index (χ4n) is 4.21.